The highest BCUT2D eigenvalue weighted by Crippen LogP contribution is 2.27. The molecular weight excluding hydrogens is 244 g/mol. The lowest BCUT2D eigenvalue weighted by molar-refractivity contribution is -0.142. The van der Waals surface area contributed by atoms with Crippen LogP contribution in [-0.2, 0) is 16.8 Å². The minimum absolute atomic E-state index is 0.192. The van der Waals surface area contributed by atoms with Crippen LogP contribution in [0.3, 0.4) is 0 Å². The number of fused-ring (bicyclic) bond motifs is 1. The molecule has 0 saturated carbocycles. The lowest BCUT2D eigenvalue weighted by atomic mass is 9.86. The Kier molecular flexibility index (Phi) is 3.14. The Bertz CT molecular complexity index is 701. The summed E-state index contributed by atoms with van der Waals surface area (Å²) in [5.41, 5.74) is -0.926. The lowest BCUT2D eigenvalue weighted by Crippen LogP contribution is -2.34. The second kappa shape index (κ2) is 4.50. The number of rotatable bonds is 3. The summed E-state index contributed by atoms with van der Waals surface area (Å²) in [6.45, 7) is 5.40. The zero-order valence-corrected chi connectivity index (χ0v) is 11.2. The second-order valence-corrected chi connectivity index (χ2v) is 4.95. The Morgan fingerprint density at radius 1 is 1.32 bits per heavy atom. The third-order valence-corrected chi connectivity index (χ3v) is 3.29. The molecule has 0 fully saturated rings. The van der Waals surface area contributed by atoms with Crippen molar-refractivity contribution in [3.8, 4) is 0 Å². The Morgan fingerprint density at radius 2 is 1.89 bits per heavy atom. The predicted octanol–water partition coefficient (Wildman–Crippen LogP) is 1.78. The number of carboxylic acids is 1. The van der Waals surface area contributed by atoms with Crippen LogP contribution in [0.15, 0.2) is 29.1 Å². The molecule has 2 aromatic rings. The molecule has 0 atom stereocenters. The number of aromatic nitrogens is 2. The number of hydrogen-bond donors (Lipinski definition) is 1. The number of carbonyl (C=O) groups is 1. The van der Waals surface area contributed by atoms with Gasteiger partial charge in [-0.15, -0.1) is 0 Å². The van der Waals surface area contributed by atoms with Crippen LogP contribution >= 0.6 is 0 Å². The number of hydrogen-bond acceptors (Lipinski definition) is 3. The van der Waals surface area contributed by atoms with Crippen molar-refractivity contribution in [2.24, 2.45) is 0 Å². The van der Waals surface area contributed by atoms with E-state index in [1.54, 1.807) is 45.0 Å². The van der Waals surface area contributed by atoms with Crippen molar-refractivity contribution in [1.29, 1.82) is 0 Å². The fraction of sp³-hybridized carbons (Fsp3) is 0.357. The fourth-order valence-corrected chi connectivity index (χ4v) is 2.01. The van der Waals surface area contributed by atoms with Gasteiger partial charge in [0.05, 0.1) is 11.1 Å². The van der Waals surface area contributed by atoms with Crippen LogP contribution in [0.4, 0.5) is 0 Å². The molecule has 0 bridgehead atoms. The molecule has 1 N–H and O–H groups in total. The number of benzene rings is 1. The highest BCUT2D eigenvalue weighted by Gasteiger charge is 2.33. The molecule has 0 aliphatic heterocycles. The average Bonchev–Trinajstić information content (AvgIpc) is 2.39. The van der Waals surface area contributed by atoms with Gasteiger partial charge in [-0.05, 0) is 26.8 Å². The molecule has 5 nitrogen and oxygen atoms in total. The van der Waals surface area contributed by atoms with Crippen LogP contribution in [0.5, 0.6) is 0 Å². The maximum atomic E-state index is 12.2. The van der Waals surface area contributed by atoms with Crippen LogP contribution in [-0.4, -0.2) is 20.9 Å². The standard InChI is InChI=1S/C14H16N2O3/c1-4-16-12(17)10-8-6-5-7-9(10)11(15-16)14(2,3)13(18)19/h5-8H,4H2,1-3H3,(H,18,19). The average molecular weight is 260 g/mol. The van der Waals surface area contributed by atoms with Gasteiger partial charge in [-0.3, -0.25) is 9.59 Å². The summed E-state index contributed by atoms with van der Waals surface area (Å²) in [7, 11) is 0. The van der Waals surface area contributed by atoms with Crippen molar-refractivity contribution in [2.75, 3.05) is 0 Å². The van der Waals surface area contributed by atoms with E-state index in [0.29, 0.717) is 23.0 Å². The van der Waals surface area contributed by atoms with Crippen LogP contribution < -0.4 is 5.56 Å². The molecule has 0 aliphatic carbocycles. The van der Waals surface area contributed by atoms with E-state index in [0.717, 1.165) is 0 Å². The van der Waals surface area contributed by atoms with Crippen LogP contribution in [0.1, 0.15) is 26.5 Å². The van der Waals surface area contributed by atoms with E-state index in [1.807, 2.05) is 0 Å². The predicted molar refractivity (Wildman–Crippen MR) is 72.3 cm³/mol. The minimum atomic E-state index is -1.15. The molecule has 0 radical (unpaired) electrons. The molecule has 0 amide bonds. The van der Waals surface area contributed by atoms with Gasteiger partial charge < -0.3 is 5.11 Å². The molecule has 0 saturated heterocycles. The summed E-state index contributed by atoms with van der Waals surface area (Å²) in [5.74, 6) is -0.966. The van der Waals surface area contributed by atoms with Crippen LogP contribution in [0.2, 0.25) is 0 Å². The van der Waals surface area contributed by atoms with E-state index in [1.165, 1.54) is 4.68 Å². The molecule has 2 rings (SSSR count). The van der Waals surface area contributed by atoms with Gasteiger partial charge in [0.25, 0.3) is 5.56 Å². The highest BCUT2D eigenvalue weighted by molar-refractivity contribution is 5.90. The van der Waals surface area contributed by atoms with E-state index in [2.05, 4.69) is 5.10 Å². The third kappa shape index (κ3) is 2.01. The second-order valence-electron chi connectivity index (χ2n) is 4.95. The number of carboxylic acid groups (broad SMARTS) is 1. The summed E-state index contributed by atoms with van der Waals surface area (Å²) in [4.78, 5) is 23.6. The number of nitrogens with zero attached hydrogens (tertiary/aromatic N) is 2. The normalized spacial score (nSPS) is 11.7. The van der Waals surface area contributed by atoms with Crippen molar-refractivity contribution in [1.82, 2.24) is 9.78 Å². The largest absolute Gasteiger partial charge is 0.481 e. The first kappa shape index (κ1) is 13.3. The molecule has 0 unspecified atom stereocenters. The van der Waals surface area contributed by atoms with Crippen molar-refractivity contribution in [2.45, 2.75) is 32.7 Å². The summed E-state index contributed by atoms with van der Waals surface area (Å²) in [6.07, 6.45) is 0. The van der Waals surface area contributed by atoms with Crippen molar-refractivity contribution in [3.05, 3.63) is 40.3 Å². The lowest BCUT2D eigenvalue weighted by Gasteiger charge is -2.21. The third-order valence-electron chi connectivity index (χ3n) is 3.29. The molecular formula is C14H16N2O3. The van der Waals surface area contributed by atoms with E-state index in [-0.39, 0.29) is 5.56 Å². The van der Waals surface area contributed by atoms with Crippen molar-refractivity contribution in [3.63, 3.8) is 0 Å². The maximum absolute atomic E-state index is 12.2. The zero-order chi connectivity index (χ0) is 14.2. The topological polar surface area (TPSA) is 72.2 Å². The summed E-state index contributed by atoms with van der Waals surface area (Å²) in [6, 6.07) is 6.99. The van der Waals surface area contributed by atoms with Gasteiger partial charge >= 0.3 is 5.97 Å². The minimum Gasteiger partial charge on any atom is -0.481 e. The monoisotopic (exact) mass is 260 g/mol. The molecule has 0 aliphatic rings. The van der Waals surface area contributed by atoms with Gasteiger partial charge in [-0.1, -0.05) is 18.2 Å². The molecule has 1 aromatic carbocycles. The highest BCUT2D eigenvalue weighted by atomic mass is 16.4. The van der Waals surface area contributed by atoms with Gasteiger partial charge in [-0.25, -0.2) is 4.68 Å². The first-order chi connectivity index (χ1) is 8.89. The Labute approximate surface area is 110 Å². The van der Waals surface area contributed by atoms with Gasteiger partial charge in [0.2, 0.25) is 0 Å². The van der Waals surface area contributed by atoms with Crippen LogP contribution in [0, 0.1) is 0 Å². The van der Waals surface area contributed by atoms with Gasteiger partial charge in [0, 0.05) is 11.9 Å². The van der Waals surface area contributed by atoms with E-state index in [4.69, 9.17) is 0 Å². The Balaban J connectivity index is 2.92. The summed E-state index contributed by atoms with van der Waals surface area (Å²) < 4.78 is 1.31. The summed E-state index contributed by atoms with van der Waals surface area (Å²) >= 11 is 0. The first-order valence-electron chi connectivity index (χ1n) is 6.13. The molecule has 19 heavy (non-hydrogen) atoms. The van der Waals surface area contributed by atoms with E-state index >= 15 is 0 Å². The molecule has 1 heterocycles. The SMILES string of the molecule is CCn1nc(C(C)(C)C(=O)O)c2ccccc2c1=O. The number of aliphatic carboxylic acids is 1. The Hall–Kier alpha value is -2.17. The quantitative estimate of drug-likeness (QED) is 0.913. The smallest absolute Gasteiger partial charge is 0.315 e. The first-order valence-corrected chi connectivity index (χ1v) is 6.13. The molecule has 1 aromatic heterocycles. The van der Waals surface area contributed by atoms with E-state index in [9.17, 15) is 14.7 Å². The molecule has 100 valence electrons. The van der Waals surface area contributed by atoms with Gasteiger partial charge in [0.1, 0.15) is 5.41 Å². The number of aryl methyl sites for hydroxylation is 1. The van der Waals surface area contributed by atoms with Gasteiger partial charge in [-0.2, -0.15) is 5.10 Å². The van der Waals surface area contributed by atoms with Gasteiger partial charge in [0.15, 0.2) is 0 Å². The fourth-order valence-electron chi connectivity index (χ4n) is 2.01. The van der Waals surface area contributed by atoms with Crippen LogP contribution in [0.25, 0.3) is 10.8 Å². The molecule has 5 heteroatoms. The van der Waals surface area contributed by atoms with E-state index < -0.39 is 11.4 Å². The van der Waals surface area contributed by atoms with Crippen molar-refractivity contribution >= 4 is 16.7 Å². The summed E-state index contributed by atoms with van der Waals surface area (Å²) in [5, 5.41) is 14.7. The zero-order valence-electron chi connectivity index (χ0n) is 11.2. The Morgan fingerprint density at radius 3 is 2.42 bits per heavy atom. The maximum Gasteiger partial charge on any atom is 0.315 e. The molecule has 0 spiro atoms. The van der Waals surface area contributed by atoms with Crippen molar-refractivity contribution < 1.29 is 9.90 Å².